The highest BCUT2D eigenvalue weighted by molar-refractivity contribution is 7.99. The highest BCUT2D eigenvalue weighted by atomic mass is 35.5. The van der Waals surface area contributed by atoms with Crippen molar-refractivity contribution in [3.05, 3.63) is 99.5 Å². The minimum absolute atomic E-state index is 0.0222. The third kappa shape index (κ3) is 8.69. The number of nitrogens with one attached hydrogen (secondary N) is 1. The summed E-state index contributed by atoms with van der Waals surface area (Å²) in [5.41, 5.74) is 2.67. The third-order valence-corrected chi connectivity index (χ3v) is 8.01. The quantitative estimate of drug-likeness (QED) is 0.245. The molecule has 3 aromatic rings. The van der Waals surface area contributed by atoms with Gasteiger partial charge in [-0.25, -0.2) is 0 Å². The summed E-state index contributed by atoms with van der Waals surface area (Å²) in [7, 11) is 1.63. The van der Waals surface area contributed by atoms with E-state index in [-0.39, 0.29) is 30.2 Å². The van der Waals surface area contributed by atoms with E-state index in [2.05, 4.69) is 5.32 Å². The van der Waals surface area contributed by atoms with E-state index in [9.17, 15) is 9.59 Å². The Labute approximate surface area is 239 Å². The lowest BCUT2D eigenvalue weighted by Gasteiger charge is -2.32. The predicted octanol–water partition coefficient (Wildman–Crippen LogP) is 6.79. The van der Waals surface area contributed by atoms with E-state index < -0.39 is 6.04 Å². The Morgan fingerprint density at radius 3 is 2.21 bits per heavy atom. The largest absolute Gasteiger partial charge is 0.497 e. The minimum Gasteiger partial charge on any atom is -0.497 e. The molecule has 0 aliphatic carbocycles. The van der Waals surface area contributed by atoms with Crippen LogP contribution in [0.2, 0.25) is 10.0 Å². The van der Waals surface area contributed by atoms with Gasteiger partial charge in [0.2, 0.25) is 11.8 Å². The van der Waals surface area contributed by atoms with E-state index in [1.165, 1.54) is 11.8 Å². The topological polar surface area (TPSA) is 58.6 Å². The van der Waals surface area contributed by atoms with Gasteiger partial charge in [-0.1, -0.05) is 78.7 Å². The summed E-state index contributed by atoms with van der Waals surface area (Å²) in [5, 5.41) is 4.00. The molecule has 0 bridgehead atoms. The van der Waals surface area contributed by atoms with E-state index in [0.717, 1.165) is 23.3 Å². The molecule has 8 heteroatoms. The van der Waals surface area contributed by atoms with Crippen LogP contribution in [0.15, 0.2) is 72.8 Å². The number of halogens is 2. The van der Waals surface area contributed by atoms with Crippen molar-refractivity contribution in [3.8, 4) is 5.75 Å². The van der Waals surface area contributed by atoms with Gasteiger partial charge in [-0.15, -0.1) is 11.8 Å². The molecule has 0 aliphatic rings. The molecule has 0 fully saturated rings. The smallest absolute Gasteiger partial charge is 0.243 e. The monoisotopic (exact) mass is 572 g/mol. The fourth-order valence-corrected chi connectivity index (χ4v) is 5.30. The molecule has 1 N–H and O–H groups in total. The molecule has 2 atom stereocenters. The zero-order valence-corrected chi connectivity index (χ0v) is 24.3. The average molecular weight is 574 g/mol. The number of amides is 2. The van der Waals surface area contributed by atoms with Crippen LogP contribution < -0.4 is 10.1 Å². The third-order valence-electron chi connectivity index (χ3n) is 6.32. The van der Waals surface area contributed by atoms with Gasteiger partial charge in [0.05, 0.1) is 12.9 Å². The van der Waals surface area contributed by atoms with Crippen LogP contribution in [-0.2, 0) is 28.3 Å². The van der Waals surface area contributed by atoms with Gasteiger partial charge in [-0.05, 0) is 48.7 Å². The molecule has 3 aromatic carbocycles. The van der Waals surface area contributed by atoms with Crippen LogP contribution in [0.3, 0.4) is 0 Å². The Bertz CT molecular complexity index is 1170. The van der Waals surface area contributed by atoms with Gasteiger partial charge in [0.15, 0.2) is 0 Å². The summed E-state index contributed by atoms with van der Waals surface area (Å²) in [6.07, 6.45) is 1.16. The van der Waals surface area contributed by atoms with E-state index in [1.807, 2.05) is 68.4 Å². The number of hydrogen-bond acceptors (Lipinski definition) is 4. The summed E-state index contributed by atoms with van der Waals surface area (Å²) in [6.45, 7) is 4.10. The predicted molar refractivity (Wildman–Crippen MR) is 158 cm³/mol. The molecular weight excluding hydrogens is 539 g/mol. The number of ether oxygens (including phenoxy) is 1. The lowest BCUT2D eigenvalue weighted by Crippen LogP contribution is -2.52. The first kappa shape index (κ1) is 29.9. The Kier molecular flexibility index (Phi) is 11.8. The Balaban J connectivity index is 1.88. The van der Waals surface area contributed by atoms with Gasteiger partial charge in [0.25, 0.3) is 0 Å². The van der Waals surface area contributed by atoms with Crippen molar-refractivity contribution in [1.82, 2.24) is 10.2 Å². The number of hydrogen-bond donors (Lipinski definition) is 1. The SMILES string of the molecule is CCC(C)NC(=O)C(Cc1ccccc1)N(Cc1c(Cl)cccc1Cl)C(=O)CSCc1ccc(OC)cc1. The molecule has 0 heterocycles. The first-order valence-corrected chi connectivity index (χ1v) is 14.5. The molecule has 0 saturated carbocycles. The van der Waals surface area contributed by atoms with E-state index >= 15 is 0 Å². The summed E-state index contributed by atoms with van der Waals surface area (Å²) >= 11 is 14.5. The summed E-state index contributed by atoms with van der Waals surface area (Å²) in [6, 6.07) is 22.0. The second kappa shape index (κ2) is 15.1. The lowest BCUT2D eigenvalue weighted by atomic mass is 10.0. The Morgan fingerprint density at radius 1 is 0.947 bits per heavy atom. The molecule has 38 heavy (non-hydrogen) atoms. The lowest BCUT2D eigenvalue weighted by molar-refractivity contribution is -0.139. The number of thioether (sulfide) groups is 1. The molecule has 0 aliphatic heterocycles. The van der Waals surface area contributed by atoms with Crippen LogP contribution in [0, 0.1) is 0 Å². The number of methoxy groups -OCH3 is 1. The standard InChI is InChI=1S/C30H34Cl2N2O3S/c1-4-21(2)33-30(36)28(17-22-9-6-5-7-10-22)34(18-25-26(31)11-8-12-27(25)32)29(35)20-38-19-23-13-15-24(37-3)16-14-23/h5-16,21,28H,4,17-20H2,1-3H3,(H,33,36). The molecule has 0 radical (unpaired) electrons. The first-order chi connectivity index (χ1) is 18.3. The highest BCUT2D eigenvalue weighted by Crippen LogP contribution is 2.28. The summed E-state index contributed by atoms with van der Waals surface area (Å²) in [5.74, 6) is 1.29. The van der Waals surface area contributed by atoms with E-state index in [0.29, 0.717) is 27.8 Å². The van der Waals surface area contributed by atoms with Crippen LogP contribution in [0.1, 0.15) is 37.0 Å². The van der Waals surface area contributed by atoms with Crippen molar-refractivity contribution in [2.75, 3.05) is 12.9 Å². The molecule has 5 nitrogen and oxygen atoms in total. The van der Waals surface area contributed by atoms with Crippen molar-refractivity contribution in [1.29, 1.82) is 0 Å². The number of carbonyl (C=O) groups is 2. The number of rotatable bonds is 13. The van der Waals surface area contributed by atoms with Gasteiger partial charge in [-0.2, -0.15) is 0 Å². The maximum atomic E-state index is 13.8. The normalized spacial score (nSPS) is 12.4. The van der Waals surface area contributed by atoms with Gasteiger partial charge < -0.3 is 15.0 Å². The minimum atomic E-state index is -0.729. The van der Waals surface area contributed by atoms with Gasteiger partial charge in [-0.3, -0.25) is 9.59 Å². The zero-order valence-electron chi connectivity index (χ0n) is 22.0. The van der Waals surface area contributed by atoms with Crippen LogP contribution in [0.25, 0.3) is 0 Å². The van der Waals surface area contributed by atoms with Crippen molar-refractivity contribution < 1.29 is 14.3 Å². The second-order valence-corrected chi connectivity index (χ2v) is 10.9. The van der Waals surface area contributed by atoms with Crippen molar-refractivity contribution in [2.45, 2.75) is 51.1 Å². The maximum absolute atomic E-state index is 13.8. The molecule has 0 spiro atoms. The van der Waals surface area contributed by atoms with Crippen molar-refractivity contribution >= 4 is 46.8 Å². The zero-order chi connectivity index (χ0) is 27.5. The summed E-state index contributed by atoms with van der Waals surface area (Å²) < 4.78 is 5.23. The van der Waals surface area contributed by atoms with Crippen LogP contribution in [-0.4, -0.2) is 41.7 Å². The maximum Gasteiger partial charge on any atom is 0.243 e. The van der Waals surface area contributed by atoms with Crippen LogP contribution >= 0.6 is 35.0 Å². The van der Waals surface area contributed by atoms with Crippen molar-refractivity contribution in [2.24, 2.45) is 0 Å². The fraction of sp³-hybridized carbons (Fsp3) is 0.333. The number of nitrogens with zero attached hydrogens (tertiary/aromatic N) is 1. The molecule has 202 valence electrons. The molecule has 3 rings (SSSR count). The Morgan fingerprint density at radius 2 is 1.61 bits per heavy atom. The van der Waals surface area contributed by atoms with E-state index in [4.69, 9.17) is 27.9 Å². The molecule has 0 aromatic heterocycles. The van der Waals surface area contributed by atoms with Gasteiger partial charge >= 0.3 is 0 Å². The number of carbonyl (C=O) groups excluding carboxylic acids is 2. The first-order valence-electron chi connectivity index (χ1n) is 12.6. The molecule has 2 amide bonds. The summed E-state index contributed by atoms with van der Waals surface area (Å²) in [4.78, 5) is 29.0. The van der Waals surface area contributed by atoms with E-state index in [1.54, 1.807) is 30.2 Å². The Hall–Kier alpha value is -2.67. The van der Waals surface area contributed by atoms with Crippen molar-refractivity contribution in [3.63, 3.8) is 0 Å². The molecule has 0 saturated heterocycles. The van der Waals surface area contributed by atoms with Crippen LogP contribution in [0.5, 0.6) is 5.75 Å². The van der Waals surface area contributed by atoms with Gasteiger partial charge in [0, 0.05) is 40.4 Å². The fourth-order valence-electron chi connectivity index (χ4n) is 3.91. The van der Waals surface area contributed by atoms with Gasteiger partial charge in [0.1, 0.15) is 11.8 Å². The van der Waals surface area contributed by atoms with Crippen LogP contribution in [0.4, 0.5) is 0 Å². The second-order valence-electron chi connectivity index (χ2n) is 9.09. The molecule has 2 unspecified atom stereocenters. The number of benzene rings is 3. The average Bonchev–Trinajstić information content (AvgIpc) is 2.92. The molecular formula is C30H34Cl2N2O3S. The highest BCUT2D eigenvalue weighted by Gasteiger charge is 2.31.